The van der Waals surface area contributed by atoms with Gasteiger partial charge >= 0.3 is 0 Å². The van der Waals surface area contributed by atoms with Crippen molar-refractivity contribution < 1.29 is 0 Å². The topological polar surface area (TPSA) is 49.8 Å². The van der Waals surface area contributed by atoms with E-state index in [1.807, 2.05) is 31.2 Å². The molecule has 0 aliphatic carbocycles. The van der Waals surface area contributed by atoms with E-state index < -0.39 is 0 Å². The highest BCUT2D eigenvalue weighted by atomic mass is 35.5. The second-order valence-corrected chi connectivity index (χ2v) is 5.05. The minimum atomic E-state index is 0.541. The van der Waals surface area contributed by atoms with Crippen LogP contribution in [0.1, 0.15) is 11.3 Å². The Kier molecular flexibility index (Phi) is 5.26. The second kappa shape index (κ2) is 7.17. The molecule has 4 nitrogen and oxygen atoms in total. The van der Waals surface area contributed by atoms with E-state index in [1.165, 1.54) is 0 Å². The van der Waals surface area contributed by atoms with Crippen molar-refractivity contribution >= 4 is 34.7 Å². The lowest BCUT2D eigenvalue weighted by molar-refractivity contribution is 0.847. The van der Waals surface area contributed by atoms with Crippen LogP contribution in [0.5, 0.6) is 0 Å². The van der Waals surface area contributed by atoms with Crippen molar-refractivity contribution in [1.29, 1.82) is 0 Å². The molecule has 2 heterocycles. The molecule has 2 aromatic heterocycles. The third-order valence-electron chi connectivity index (χ3n) is 2.72. The number of aryl methyl sites for hydroxylation is 1. The molecule has 0 atom stereocenters. The molecule has 0 spiro atoms. The number of hydrogen-bond donors (Lipinski definition) is 2. The minimum Gasteiger partial charge on any atom is -0.362 e. The molecule has 0 radical (unpaired) electrons. The molecule has 0 bridgehead atoms. The average molecular weight is 307 g/mol. The van der Waals surface area contributed by atoms with E-state index in [1.54, 1.807) is 12.4 Å². The summed E-state index contributed by atoms with van der Waals surface area (Å²) < 4.78 is 0. The van der Waals surface area contributed by atoms with Crippen molar-refractivity contribution in [3.8, 4) is 0 Å². The molecule has 2 aromatic rings. The quantitative estimate of drug-likeness (QED) is 0.851. The van der Waals surface area contributed by atoms with Gasteiger partial charge in [-0.25, -0.2) is 4.98 Å². The molecule has 0 fully saturated rings. The Morgan fingerprint density at radius 1 is 1.25 bits per heavy atom. The fourth-order valence-corrected chi connectivity index (χ4v) is 2.08. The smallest absolute Gasteiger partial charge is 0.171 e. The van der Waals surface area contributed by atoms with Crippen molar-refractivity contribution in [2.45, 2.75) is 13.3 Å². The fraction of sp³-hybridized carbons (Fsp3) is 0.214. The Morgan fingerprint density at radius 2 is 2.00 bits per heavy atom. The van der Waals surface area contributed by atoms with E-state index >= 15 is 0 Å². The molecule has 0 aliphatic rings. The van der Waals surface area contributed by atoms with Crippen LogP contribution in [0.2, 0.25) is 5.02 Å². The van der Waals surface area contributed by atoms with Crippen LogP contribution in [0, 0.1) is 6.92 Å². The molecule has 20 heavy (non-hydrogen) atoms. The first-order chi connectivity index (χ1) is 9.66. The van der Waals surface area contributed by atoms with Gasteiger partial charge in [0, 0.05) is 25.4 Å². The third kappa shape index (κ3) is 4.15. The van der Waals surface area contributed by atoms with Crippen LogP contribution in [0.4, 0.5) is 5.82 Å². The van der Waals surface area contributed by atoms with Crippen molar-refractivity contribution in [2.24, 2.45) is 0 Å². The zero-order chi connectivity index (χ0) is 14.4. The molecular formula is C14H15ClN4S. The van der Waals surface area contributed by atoms with Crippen LogP contribution in [0.15, 0.2) is 36.7 Å². The molecule has 2 N–H and O–H groups in total. The average Bonchev–Trinajstić information content (AvgIpc) is 2.43. The lowest BCUT2D eigenvalue weighted by atomic mass is 10.2. The van der Waals surface area contributed by atoms with Gasteiger partial charge in [0.05, 0.1) is 10.7 Å². The highest BCUT2D eigenvalue weighted by Crippen LogP contribution is 2.12. The number of aromatic nitrogens is 2. The van der Waals surface area contributed by atoms with Crippen LogP contribution in [-0.2, 0) is 6.42 Å². The van der Waals surface area contributed by atoms with Crippen LogP contribution in [0.25, 0.3) is 0 Å². The highest BCUT2D eigenvalue weighted by Gasteiger charge is 2.03. The monoisotopic (exact) mass is 306 g/mol. The van der Waals surface area contributed by atoms with Gasteiger partial charge in [0.2, 0.25) is 0 Å². The molecule has 2 rings (SSSR count). The summed E-state index contributed by atoms with van der Waals surface area (Å²) >= 11 is 11.3. The molecule has 0 amide bonds. The number of thiocarbonyl (C=S) groups is 1. The van der Waals surface area contributed by atoms with Gasteiger partial charge in [-0.15, -0.1) is 0 Å². The lowest BCUT2D eigenvalue weighted by Gasteiger charge is -2.11. The molecule has 0 saturated heterocycles. The SMILES string of the molecule is Cc1cccnc1NC(=S)NCCc1ncccc1Cl. The number of rotatable bonds is 4. The van der Waals surface area contributed by atoms with Crippen LogP contribution >= 0.6 is 23.8 Å². The van der Waals surface area contributed by atoms with Gasteiger partial charge in [-0.3, -0.25) is 4.98 Å². The van der Waals surface area contributed by atoms with E-state index in [0.29, 0.717) is 23.1 Å². The van der Waals surface area contributed by atoms with E-state index in [-0.39, 0.29) is 0 Å². The molecule has 6 heteroatoms. The Hall–Kier alpha value is -1.72. The second-order valence-electron chi connectivity index (χ2n) is 4.23. The maximum Gasteiger partial charge on any atom is 0.171 e. The zero-order valence-electron chi connectivity index (χ0n) is 11.1. The molecular weight excluding hydrogens is 292 g/mol. The minimum absolute atomic E-state index is 0.541. The van der Waals surface area contributed by atoms with Gasteiger partial charge in [-0.1, -0.05) is 17.7 Å². The molecule has 104 valence electrons. The normalized spacial score (nSPS) is 10.1. The van der Waals surface area contributed by atoms with Crippen LogP contribution in [0.3, 0.4) is 0 Å². The van der Waals surface area contributed by atoms with Gasteiger partial charge in [-0.2, -0.15) is 0 Å². The largest absolute Gasteiger partial charge is 0.362 e. The summed E-state index contributed by atoms with van der Waals surface area (Å²) in [5, 5.41) is 7.40. The predicted octanol–water partition coefficient (Wildman–Crippen LogP) is 2.97. The number of pyridine rings is 2. The Labute approximate surface area is 128 Å². The lowest BCUT2D eigenvalue weighted by Crippen LogP contribution is -2.30. The van der Waals surface area contributed by atoms with Gasteiger partial charge in [0.25, 0.3) is 0 Å². The predicted molar refractivity (Wildman–Crippen MR) is 86.1 cm³/mol. The standard InChI is InChI=1S/C14H15ClN4S/c1-10-4-2-8-17-13(10)19-14(20)18-9-6-12-11(15)5-3-7-16-12/h2-5,7-8H,6,9H2,1H3,(H2,17,18,19,20). The molecule has 0 unspecified atom stereocenters. The Bertz CT molecular complexity index is 603. The number of hydrogen-bond acceptors (Lipinski definition) is 3. The number of nitrogens with one attached hydrogen (secondary N) is 2. The Morgan fingerprint density at radius 3 is 2.75 bits per heavy atom. The fourth-order valence-electron chi connectivity index (χ4n) is 1.67. The highest BCUT2D eigenvalue weighted by molar-refractivity contribution is 7.80. The maximum atomic E-state index is 6.04. The van der Waals surface area contributed by atoms with E-state index in [4.69, 9.17) is 23.8 Å². The first kappa shape index (κ1) is 14.7. The maximum absolute atomic E-state index is 6.04. The van der Waals surface area contributed by atoms with Gasteiger partial charge in [-0.05, 0) is 42.9 Å². The first-order valence-electron chi connectivity index (χ1n) is 6.22. The molecule has 0 aliphatic heterocycles. The first-order valence-corrected chi connectivity index (χ1v) is 7.01. The van der Waals surface area contributed by atoms with Crippen molar-refractivity contribution in [1.82, 2.24) is 15.3 Å². The summed E-state index contributed by atoms with van der Waals surface area (Å²) in [7, 11) is 0. The number of halogens is 1. The van der Waals surface area contributed by atoms with Gasteiger partial charge in [0.15, 0.2) is 5.11 Å². The van der Waals surface area contributed by atoms with E-state index in [0.717, 1.165) is 17.1 Å². The molecule has 0 saturated carbocycles. The van der Waals surface area contributed by atoms with Gasteiger partial charge < -0.3 is 10.6 Å². The summed E-state index contributed by atoms with van der Waals surface area (Å²) in [6, 6.07) is 7.51. The van der Waals surface area contributed by atoms with E-state index in [9.17, 15) is 0 Å². The van der Waals surface area contributed by atoms with Gasteiger partial charge in [0.1, 0.15) is 5.82 Å². The third-order valence-corrected chi connectivity index (χ3v) is 3.31. The molecule has 0 aromatic carbocycles. The van der Waals surface area contributed by atoms with Crippen LogP contribution in [-0.4, -0.2) is 21.6 Å². The summed E-state index contributed by atoms with van der Waals surface area (Å²) in [5.74, 6) is 0.765. The summed E-state index contributed by atoms with van der Waals surface area (Å²) in [4.78, 5) is 8.45. The van der Waals surface area contributed by atoms with Crippen molar-refractivity contribution in [3.05, 3.63) is 52.9 Å². The Balaban J connectivity index is 1.82. The summed E-state index contributed by atoms with van der Waals surface area (Å²) in [6.07, 6.45) is 4.17. The van der Waals surface area contributed by atoms with E-state index in [2.05, 4.69) is 20.6 Å². The summed E-state index contributed by atoms with van der Waals surface area (Å²) in [6.45, 7) is 2.64. The van der Waals surface area contributed by atoms with Crippen molar-refractivity contribution in [2.75, 3.05) is 11.9 Å². The number of anilines is 1. The number of nitrogens with zero attached hydrogens (tertiary/aromatic N) is 2. The van der Waals surface area contributed by atoms with Crippen LogP contribution < -0.4 is 10.6 Å². The summed E-state index contributed by atoms with van der Waals surface area (Å²) in [5.41, 5.74) is 1.91. The zero-order valence-corrected chi connectivity index (χ0v) is 12.6. The van der Waals surface area contributed by atoms with Crippen molar-refractivity contribution in [3.63, 3.8) is 0 Å².